The Morgan fingerprint density at radius 3 is 2.38 bits per heavy atom. The molecule has 0 amide bonds. The molecular weight excluding hydrogens is 436 g/mol. The first-order chi connectivity index (χ1) is 14.9. The predicted octanol–water partition coefficient (Wildman–Crippen LogP) is -3.35. The summed E-state index contributed by atoms with van der Waals surface area (Å²) in [5.41, 5.74) is -4.39. The lowest BCUT2D eigenvalue weighted by Gasteiger charge is -2.47. The smallest absolute Gasteiger partial charge is 0.339 e. The van der Waals surface area contributed by atoms with Gasteiger partial charge >= 0.3 is 11.9 Å². The highest BCUT2D eigenvalue weighted by Crippen LogP contribution is 2.54. The molecule has 1 saturated carbocycles. The number of aliphatic hydroxyl groups excluding tert-OH is 5. The Hall–Kier alpha value is -1.84. The minimum absolute atomic E-state index is 0.306. The molecule has 0 aromatic heterocycles. The maximum atomic E-state index is 12.3. The Kier molecular flexibility index (Phi) is 6.85. The highest BCUT2D eigenvalue weighted by molar-refractivity contribution is 5.91. The Morgan fingerprint density at radius 2 is 1.81 bits per heavy atom. The number of fused-ring (bicyclic) bond motifs is 1. The molecule has 182 valence electrons. The van der Waals surface area contributed by atoms with Crippen LogP contribution in [-0.4, -0.2) is 111 Å². The van der Waals surface area contributed by atoms with Crippen molar-refractivity contribution in [3.8, 4) is 0 Å². The molecule has 13 heteroatoms. The van der Waals surface area contributed by atoms with E-state index >= 15 is 0 Å². The van der Waals surface area contributed by atoms with E-state index in [-0.39, 0.29) is 6.42 Å². The second-order valence-corrected chi connectivity index (χ2v) is 8.29. The number of hydrogen-bond acceptors (Lipinski definition) is 13. The van der Waals surface area contributed by atoms with Crippen LogP contribution in [0.4, 0.5) is 0 Å². The molecule has 0 bridgehead atoms. The van der Waals surface area contributed by atoms with Crippen LogP contribution in [0, 0.1) is 5.92 Å². The van der Waals surface area contributed by atoms with Crippen molar-refractivity contribution in [2.24, 2.45) is 5.92 Å². The monoisotopic (exact) mass is 464 g/mol. The van der Waals surface area contributed by atoms with Crippen LogP contribution in [0.25, 0.3) is 0 Å². The van der Waals surface area contributed by atoms with Crippen LogP contribution in [0.1, 0.15) is 20.3 Å². The Balaban J connectivity index is 1.99. The number of rotatable bonds is 5. The normalized spacial score (nSPS) is 46.0. The zero-order chi connectivity index (χ0) is 24.0. The first-order valence-electron chi connectivity index (χ1n) is 9.91. The Labute approximate surface area is 182 Å². The molecule has 1 saturated heterocycles. The summed E-state index contributed by atoms with van der Waals surface area (Å²) < 4.78 is 26.4. The van der Waals surface area contributed by atoms with Gasteiger partial charge in [0.1, 0.15) is 47.5 Å². The van der Waals surface area contributed by atoms with E-state index in [4.69, 9.17) is 18.9 Å². The van der Waals surface area contributed by atoms with Crippen LogP contribution in [0.2, 0.25) is 0 Å². The number of carbonyl (C=O) groups is 2. The Morgan fingerprint density at radius 1 is 1.16 bits per heavy atom. The van der Waals surface area contributed by atoms with Crippen molar-refractivity contribution >= 4 is 11.9 Å². The van der Waals surface area contributed by atoms with E-state index in [2.05, 4.69) is 4.74 Å². The zero-order valence-electron chi connectivity index (χ0n) is 17.7. The molecule has 8 unspecified atom stereocenters. The first kappa shape index (κ1) is 24.8. The summed E-state index contributed by atoms with van der Waals surface area (Å²) in [4.78, 5) is 24.0. The van der Waals surface area contributed by atoms with Gasteiger partial charge in [-0.25, -0.2) is 4.79 Å². The van der Waals surface area contributed by atoms with Gasteiger partial charge in [-0.15, -0.1) is 0 Å². The summed E-state index contributed by atoms with van der Waals surface area (Å²) in [5.74, 6) is -3.17. The molecule has 2 fully saturated rings. The van der Waals surface area contributed by atoms with Gasteiger partial charge in [0.05, 0.1) is 25.7 Å². The lowest BCUT2D eigenvalue weighted by atomic mass is 9.76. The molecule has 0 aromatic carbocycles. The lowest BCUT2D eigenvalue weighted by molar-refractivity contribution is -0.352. The molecule has 3 aliphatic rings. The van der Waals surface area contributed by atoms with E-state index in [0.29, 0.717) is 0 Å². The fourth-order valence-corrected chi connectivity index (χ4v) is 4.67. The number of aliphatic hydroxyl groups is 6. The second-order valence-electron chi connectivity index (χ2n) is 8.29. The van der Waals surface area contributed by atoms with Crippen LogP contribution in [-0.2, 0) is 33.3 Å². The lowest BCUT2D eigenvalue weighted by Crippen LogP contribution is -2.63. The molecule has 0 aromatic rings. The summed E-state index contributed by atoms with van der Waals surface area (Å²) >= 11 is 0. The van der Waals surface area contributed by atoms with Crippen LogP contribution < -0.4 is 0 Å². The molecule has 0 spiro atoms. The van der Waals surface area contributed by atoms with Crippen LogP contribution >= 0.6 is 0 Å². The van der Waals surface area contributed by atoms with Gasteiger partial charge in [-0.2, -0.15) is 0 Å². The predicted molar refractivity (Wildman–Crippen MR) is 99.1 cm³/mol. The summed E-state index contributed by atoms with van der Waals surface area (Å²) in [6.45, 7) is 1.80. The van der Waals surface area contributed by atoms with E-state index < -0.39 is 84.3 Å². The average Bonchev–Trinajstić information content (AvgIpc) is 2.93. The molecular formula is C19H28O13. The second kappa shape index (κ2) is 8.83. The summed E-state index contributed by atoms with van der Waals surface area (Å²) in [7, 11) is 1.06. The third kappa shape index (κ3) is 3.88. The van der Waals surface area contributed by atoms with Gasteiger partial charge in [0, 0.05) is 13.3 Å². The third-order valence-corrected chi connectivity index (χ3v) is 6.16. The standard InChI is InChI=1S/C19H28O13/c1-7(21)32-18(2)4-10(22)19(27)8(15(26)28-3)6-29-17(14(18)19)31-16-13(25)12(24)11(23)9(5-20)30-16/h6,9-14,16-17,20,22-25,27H,4-5H2,1-3H3/t9?,10?,11?,12?,13?,14?,16?,17?,18-,19+/m0/s1. The molecule has 1 aliphatic carbocycles. The number of ether oxygens (including phenoxy) is 5. The van der Waals surface area contributed by atoms with E-state index in [1.807, 2.05) is 0 Å². The van der Waals surface area contributed by atoms with Gasteiger partial charge in [-0.05, 0) is 6.92 Å². The molecule has 2 heterocycles. The van der Waals surface area contributed by atoms with Crippen molar-refractivity contribution in [1.82, 2.24) is 0 Å². The van der Waals surface area contributed by atoms with Gasteiger partial charge in [-0.3, -0.25) is 4.79 Å². The van der Waals surface area contributed by atoms with E-state index in [1.165, 1.54) is 6.92 Å². The highest BCUT2D eigenvalue weighted by atomic mass is 16.8. The van der Waals surface area contributed by atoms with Crippen molar-refractivity contribution in [3.05, 3.63) is 11.8 Å². The van der Waals surface area contributed by atoms with Gasteiger partial charge in [0.15, 0.2) is 6.29 Å². The van der Waals surface area contributed by atoms with Gasteiger partial charge in [-0.1, -0.05) is 0 Å². The molecule has 10 atom stereocenters. The summed E-state index contributed by atoms with van der Waals surface area (Å²) in [6, 6.07) is 0. The summed E-state index contributed by atoms with van der Waals surface area (Å²) in [5, 5.41) is 61.7. The largest absolute Gasteiger partial charge is 0.471 e. The van der Waals surface area contributed by atoms with Crippen molar-refractivity contribution in [2.45, 2.75) is 74.6 Å². The highest BCUT2D eigenvalue weighted by Gasteiger charge is 2.70. The quantitative estimate of drug-likeness (QED) is 0.221. The van der Waals surface area contributed by atoms with Gasteiger partial charge < -0.3 is 54.3 Å². The van der Waals surface area contributed by atoms with E-state index in [9.17, 15) is 40.2 Å². The SMILES string of the molecule is COC(=O)C1=COC(OC2OC(CO)C(O)C(O)C2O)C2[C@]1(O)C(O)C[C@]2(C)OC(C)=O. The van der Waals surface area contributed by atoms with Crippen molar-refractivity contribution in [1.29, 1.82) is 0 Å². The molecule has 13 nitrogen and oxygen atoms in total. The van der Waals surface area contributed by atoms with E-state index in [0.717, 1.165) is 20.3 Å². The van der Waals surface area contributed by atoms with Gasteiger partial charge in [0.25, 0.3) is 0 Å². The summed E-state index contributed by atoms with van der Waals surface area (Å²) in [6.07, 6.45) is -10.8. The minimum Gasteiger partial charge on any atom is -0.471 e. The number of carbonyl (C=O) groups excluding carboxylic acids is 2. The zero-order valence-corrected chi connectivity index (χ0v) is 17.7. The van der Waals surface area contributed by atoms with E-state index in [1.54, 1.807) is 0 Å². The fourth-order valence-electron chi connectivity index (χ4n) is 4.67. The maximum Gasteiger partial charge on any atom is 0.339 e. The molecule has 32 heavy (non-hydrogen) atoms. The molecule has 2 aliphatic heterocycles. The number of esters is 2. The van der Waals surface area contributed by atoms with Crippen molar-refractivity contribution in [2.75, 3.05) is 13.7 Å². The molecule has 6 N–H and O–H groups in total. The van der Waals surface area contributed by atoms with Crippen molar-refractivity contribution in [3.63, 3.8) is 0 Å². The van der Waals surface area contributed by atoms with Gasteiger partial charge in [0.2, 0.25) is 6.29 Å². The number of methoxy groups -OCH3 is 1. The third-order valence-electron chi connectivity index (χ3n) is 6.16. The first-order valence-corrected chi connectivity index (χ1v) is 9.91. The fraction of sp³-hybridized carbons (Fsp3) is 0.789. The Bertz CT molecular complexity index is 768. The topological polar surface area (TPSA) is 202 Å². The number of hydrogen-bond donors (Lipinski definition) is 6. The van der Waals surface area contributed by atoms with Crippen LogP contribution in [0.15, 0.2) is 11.8 Å². The van der Waals surface area contributed by atoms with Crippen LogP contribution in [0.5, 0.6) is 0 Å². The maximum absolute atomic E-state index is 12.3. The molecule has 0 radical (unpaired) electrons. The average molecular weight is 464 g/mol. The molecule has 3 rings (SSSR count). The van der Waals surface area contributed by atoms with Crippen molar-refractivity contribution < 1.29 is 63.9 Å². The van der Waals surface area contributed by atoms with Crippen LogP contribution in [0.3, 0.4) is 0 Å². The minimum atomic E-state index is -2.34.